The van der Waals surface area contributed by atoms with Crippen LogP contribution in [0.3, 0.4) is 0 Å². The molecule has 0 amide bonds. The van der Waals surface area contributed by atoms with E-state index in [1.807, 2.05) is 0 Å². The van der Waals surface area contributed by atoms with E-state index in [2.05, 4.69) is 55.5 Å². The van der Waals surface area contributed by atoms with E-state index in [9.17, 15) is 0 Å². The molecule has 0 aromatic heterocycles. The molecule has 104 valence electrons. The second-order valence-electron chi connectivity index (χ2n) is 6.19. The molecule has 0 bridgehead atoms. The third-order valence-corrected chi connectivity index (χ3v) is 4.47. The van der Waals surface area contributed by atoms with Crippen LogP contribution in [-0.2, 0) is 18.4 Å². The highest BCUT2D eigenvalue weighted by molar-refractivity contribution is 5.37. The van der Waals surface area contributed by atoms with Crippen molar-refractivity contribution in [3.8, 4) is 0 Å². The lowest BCUT2D eigenvalue weighted by molar-refractivity contribution is 0.398. The molecule has 20 heavy (non-hydrogen) atoms. The minimum absolute atomic E-state index is 0.207. The van der Waals surface area contributed by atoms with Gasteiger partial charge in [0.1, 0.15) is 0 Å². The molecular formula is C19H23N. The second-order valence-corrected chi connectivity index (χ2v) is 6.19. The molecule has 0 heterocycles. The van der Waals surface area contributed by atoms with Crippen LogP contribution in [0.1, 0.15) is 41.5 Å². The zero-order valence-electron chi connectivity index (χ0n) is 12.2. The van der Waals surface area contributed by atoms with Crippen LogP contribution in [0, 0.1) is 6.92 Å². The maximum absolute atomic E-state index is 6.85. The number of benzene rings is 2. The topological polar surface area (TPSA) is 26.0 Å². The van der Waals surface area contributed by atoms with Gasteiger partial charge in [-0.15, -0.1) is 0 Å². The summed E-state index contributed by atoms with van der Waals surface area (Å²) in [6.45, 7) is 2.15. The summed E-state index contributed by atoms with van der Waals surface area (Å²) in [7, 11) is 0. The minimum atomic E-state index is -0.207. The maximum atomic E-state index is 6.85. The van der Waals surface area contributed by atoms with Crippen molar-refractivity contribution in [2.75, 3.05) is 0 Å². The summed E-state index contributed by atoms with van der Waals surface area (Å²) in [5.74, 6) is 0. The number of rotatable bonds is 2. The molecule has 2 N–H and O–H groups in total. The highest BCUT2D eigenvalue weighted by Crippen LogP contribution is 2.34. The summed E-state index contributed by atoms with van der Waals surface area (Å²) in [6.07, 6.45) is 5.66. The van der Waals surface area contributed by atoms with Gasteiger partial charge >= 0.3 is 0 Å². The molecule has 1 atom stereocenters. The molecule has 0 fully saturated rings. The fourth-order valence-electron chi connectivity index (χ4n) is 3.48. The lowest BCUT2D eigenvalue weighted by Crippen LogP contribution is -2.39. The van der Waals surface area contributed by atoms with E-state index in [0.29, 0.717) is 0 Å². The fourth-order valence-corrected chi connectivity index (χ4v) is 3.48. The Morgan fingerprint density at radius 3 is 2.75 bits per heavy atom. The zero-order valence-corrected chi connectivity index (χ0v) is 12.2. The first-order chi connectivity index (χ1) is 9.67. The first-order valence-corrected chi connectivity index (χ1v) is 7.60. The van der Waals surface area contributed by atoms with Gasteiger partial charge in [-0.3, -0.25) is 0 Å². The Balaban J connectivity index is 1.98. The van der Waals surface area contributed by atoms with Crippen molar-refractivity contribution >= 4 is 0 Å². The smallest absolute Gasteiger partial charge is 0.0453 e. The SMILES string of the molecule is Cc1cccc(CC2(N)CCCCc3ccccc32)c1. The van der Waals surface area contributed by atoms with Crippen molar-refractivity contribution in [2.45, 2.75) is 44.6 Å². The van der Waals surface area contributed by atoms with Crippen molar-refractivity contribution in [1.82, 2.24) is 0 Å². The van der Waals surface area contributed by atoms with Crippen molar-refractivity contribution in [2.24, 2.45) is 5.73 Å². The molecule has 0 radical (unpaired) electrons. The summed E-state index contributed by atoms with van der Waals surface area (Å²) in [5.41, 5.74) is 12.1. The van der Waals surface area contributed by atoms with Gasteiger partial charge in [-0.2, -0.15) is 0 Å². The Kier molecular flexibility index (Phi) is 3.62. The second kappa shape index (κ2) is 5.41. The third-order valence-electron chi connectivity index (χ3n) is 4.47. The highest BCUT2D eigenvalue weighted by atomic mass is 14.7. The fraction of sp³-hybridized carbons (Fsp3) is 0.368. The lowest BCUT2D eigenvalue weighted by atomic mass is 9.80. The standard InChI is InChI=1S/C19H23N/c1-15-7-6-8-16(13-15)14-19(20)12-5-4-10-17-9-2-3-11-18(17)19/h2-3,6-9,11,13H,4-5,10,12,14,20H2,1H3. The first kappa shape index (κ1) is 13.4. The number of aryl methyl sites for hydroxylation is 2. The molecule has 0 saturated carbocycles. The van der Waals surface area contributed by atoms with Crippen LogP contribution < -0.4 is 5.73 Å². The van der Waals surface area contributed by atoms with Crippen LogP contribution in [-0.4, -0.2) is 0 Å². The van der Waals surface area contributed by atoms with Crippen molar-refractivity contribution in [3.63, 3.8) is 0 Å². The van der Waals surface area contributed by atoms with Gasteiger partial charge in [0.15, 0.2) is 0 Å². The van der Waals surface area contributed by atoms with Gasteiger partial charge in [-0.1, -0.05) is 60.5 Å². The molecular weight excluding hydrogens is 242 g/mol. The van der Waals surface area contributed by atoms with Crippen LogP contribution in [0.5, 0.6) is 0 Å². The lowest BCUT2D eigenvalue weighted by Gasteiger charge is -2.31. The van der Waals surface area contributed by atoms with E-state index >= 15 is 0 Å². The molecule has 2 aromatic carbocycles. The van der Waals surface area contributed by atoms with Crippen LogP contribution in [0.2, 0.25) is 0 Å². The number of fused-ring (bicyclic) bond motifs is 1. The first-order valence-electron chi connectivity index (χ1n) is 7.60. The van der Waals surface area contributed by atoms with Gasteiger partial charge in [-0.05, 0) is 49.3 Å². The molecule has 0 saturated heterocycles. The van der Waals surface area contributed by atoms with Crippen LogP contribution in [0.25, 0.3) is 0 Å². The largest absolute Gasteiger partial charge is 0.321 e. The van der Waals surface area contributed by atoms with E-state index in [4.69, 9.17) is 5.73 Å². The number of hydrogen-bond donors (Lipinski definition) is 1. The van der Waals surface area contributed by atoms with Crippen LogP contribution >= 0.6 is 0 Å². The normalized spacial score (nSPS) is 22.1. The molecule has 0 spiro atoms. The predicted molar refractivity (Wildman–Crippen MR) is 84.7 cm³/mol. The molecule has 1 aliphatic carbocycles. The highest BCUT2D eigenvalue weighted by Gasteiger charge is 2.31. The average molecular weight is 265 g/mol. The van der Waals surface area contributed by atoms with Crippen molar-refractivity contribution in [1.29, 1.82) is 0 Å². The molecule has 3 rings (SSSR count). The van der Waals surface area contributed by atoms with Gasteiger partial charge in [0.05, 0.1) is 0 Å². The van der Waals surface area contributed by atoms with Crippen molar-refractivity contribution < 1.29 is 0 Å². The van der Waals surface area contributed by atoms with Gasteiger partial charge in [0, 0.05) is 5.54 Å². The Labute approximate surface area is 121 Å². The summed E-state index contributed by atoms with van der Waals surface area (Å²) in [6, 6.07) is 17.5. The predicted octanol–water partition coefficient (Wildman–Crippen LogP) is 4.12. The van der Waals surface area contributed by atoms with E-state index in [-0.39, 0.29) is 5.54 Å². The van der Waals surface area contributed by atoms with E-state index in [0.717, 1.165) is 12.8 Å². The van der Waals surface area contributed by atoms with Gasteiger partial charge in [0.25, 0.3) is 0 Å². The van der Waals surface area contributed by atoms with E-state index in [1.165, 1.54) is 41.5 Å². The molecule has 0 aliphatic heterocycles. The summed E-state index contributed by atoms with van der Waals surface area (Å²) in [4.78, 5) is 0. The van der Waals surface area contributed by atoms with Crippen LogP contribution in [0.4, 0.5) is 0 Å². The van der Waals surface area contributed by atoms with E-state index < -0.39 is 0 Å². The quantitative estimate of drug-likeness (QED) is 0.812. The number of nitrogens with two attached hydrogens (primary N) is 1. The molecule has 1 heteroatoms. The minimum Gasteiger partial charge on any atom is -0.321 e. The third kappa shape index (κ3) is 2.64. The van der Waals surface area contributed by atoms with Crippen molar-refractivity contribution in [3.05, 3.63) is 70.8 Å². The number of hydrogen-bond acceptors (Lipinski definition) is 1. The monoisotopic (exact) mass is 265 g/mol. The summed E-state index contributed by atoms with van der Waals surface area (Å²) in [5, 5.41) is 0. The summed E-state index contributed by atoms with van der Waals surface area (Å²) >= 11 is 0. The average Bonchev–Trinajstić information content (AvgIpc) is 2.59. The van der Waals surface area contributed by atoms with Gasteiger partial charge in [0.2, 0.25) is 0 Å². The van der Waals surface area contributed by atoms with Crippen LogP contribution in [0.15, 0.2) is 48.5 Å². The molecule has 1 nitrogen and oxygen atoms in total. The Hall–Kier alpha value is -1.60. The van der Waals surface area contributed by atoms with E-state index in [1.54, 1.807) is 0 Å². The zero-order chi connectivity index (χ0) is 14.0. The summed E-state index contributed by atoms with van der Waals surface area (Å²) < 4.78 is 0. The Morgan fingerprint density at radius 1 is 1.05 bits per heavy atom. The molecule has 2 aromatic rings. The molecule has 1 unspecified atom stereocenters. The van der Waals surface area contributed by atoms with Gasteiger partial charge < -0.3 is 5.73 Å². The van der Waals surface area contributed by atoms with Gasteiger partial charge in [-0.25, -0.2) is 0 Å². The Morgan fingerprint density at radius 2 is 1.90 bits per heavy atom. The Bertz CT molecular complexity index is 602. The molecule has 1 aliphatic rings. The maximum Gasteiger partial charge on any atom is 0.0453 e.